The lowest BCUT2D eigenvalue weighted by Gasteiger charge is -2.17. The van der Waals surface area contributed by atoms with Gasteiger partial charge in [-0.05, 0) is 49.0 Å². The maximum absolute atomic E-state index is 6.08. The van der Waals surface area contributed by atoms with Gasteiger partial charge in [0, 0.05) is 21.2 Å². The Kier molecular flexibility index (Phi) is 6.24. The third-order valence-electron chi connectivity index (χ3n) is 2.92. The molecule has 0 radical (unpaired) electrons. The molecule has 1 N–H and O–H groups in total. The molecule has 0 amide bonds. The third kappa shape index (κ3) is 4.40. The van der Waals surface area contributed by atoms with Crippen LogP contribution in [0.25, 0.3) is 0 Å². The Balaban J connectivity index is 2.05. The zero-order valence-electron chi connectivity index (χ0n) is 10.9. The van der Waals surface area contributed by atoms with Crippen molar-refractivity contribution in [3.63, 3.8) is 0 Å². The van der Waals surface area contributed by atoms with Gasteiger partial charge in [-0.25, -0.2) is 0 Å². The van der Waals surface area contributed by atoms with Gasteiger partial charge in [-0.2, -0.15) is 0 Å². The highest BCUT2D eigenvalue weighted by atomic mass is 79.9. The van der Waals surface area contributed by atoms with E-state index in [4.69, 9.17) is 23.2 Å². The molecule has 0 aliphatic carbocycles. The molecule has 0 heterocycles. The number of rotatable bonds is 5. The minimum atomic E-state index is 0.235. The van der Waals surface area contributed by atoms with E-state index in [1.54, 1.807) is 0 Å². The first-order chi connectivity index (χ1) is 9.60. The number of halogens is 3. The molecule has 106 valence electrons. The summed E-state index contributed by atoms with van der Waals surface area (Å²) in [5, 5.41) is 4.50. The molecule has 2 rings (SSSR count). The monoisotopic (exact) mass is 389 g/mol. The molecule has 5 heteroatoms. The molecule has 0 spiro atoms. The number of hydrogen-bond donors (Lipinski definition) is 1. The Labute approximate surface area is 142 Å². The van der Waals surface area contributed by atoms with Gasteiger partial charge in [-0.1, -0.05) is 45.2 Å². The number of nitrogens with one attached hydrogen (secondary N) is 1. The predicted octanol–water partition coefficient (Wildman–Crippen LogP) is 5.81. The van der Waals surface area contributed by atoms with Gasteiger partial charge in [0.25, 0.3) is 0 Å². The minimum absolute atomic E-state index is 0.235. The molecule has 0 aliphatic rings. The molecule has 0 aliphatic heterocycles. The summed E-state index contributed by atoms with van der Waals surface area (Å²) in [4.78, 5) is 1.24. The Bertz CT molecular complexity index is 575. The van der Waals surface area contributed by atoms with E-state index in [-0.39, 0.29) is 6.04 Å². The summed E-state index contributed by atoms with van der Waals surface area (Å²) in [5.74, 6) is 0.927. The molecule has 20 heavy (non-hydrogen) atoms. The minimum Gasteiger partial charge on any atom is -0.312 e. The summed E-state index contributed by atoms with van der Waals surface area (Å²) < 4.78 is 1.09. The van der Waals surface area contributed by atoms with E-state index < -0.39 is 0 Å². The van der Waals surface area contributed by atoms with Crippen molar-refractivity contribution >= 4 is 50.9 Å². The van der Waals surface area contributed by atoms with Crippen LogP contribution in [0, 0.1) is 0 Å². The highest BCUT2D eigenvalue weighted by Gasteiger charge is 2.11. The summed E-state index contributed by atoms with van der Waals surface area (Å²) in [6, 6.07) is 14.3. The summed E-state index contributed by atoms with van der Waals surface area (Å²) in [6.07, 6.45) is 0. The van der Waals surface area contributed by atoms with E-state index in [0.717, 1.165) is 15.8 Å². The van der Waals surface area contributed by atoms with Crippen molar-refractivity contribution in [1.29, 1.82) is 0 Å². The molecule has 0 fully saturated rings. The Morgan fingerprint density at radius 2 is 1.80 bits per heavy atom. The molecule has 0 saturated heterocycles. The van der Waals surface area contributed by atoms with Gasteiger partial charge < -0.3 is 5.32 Å². The predicted molar refractivity (Wildman–Crippen MR) is 93.1 cm³/mol. The van der Waals surface area contributed by atoms with Crippen molar-refractivity contribution in [3.05, 3.63) is 62.5 Å². The maximum atomic E-state index is 6.08. The van der Waals surface area contributed by atoms with Gasteiger partial charge in [0.2, 0.25) is 0 Å². The fourth-order valence-corrected chi connectivity index (χ4v) is 3.40. The zero-order valence-corrected chi connectivity index (χ0v) is 14.8. The van der Waals surface area contributed by atoms with Crippen LogP contribution in [0.1, 0.15) is 11.6 Å². The molecular weight excluding hydrogens is 377 g/mol. The molecule has 2 aromatic rings. The van der Waals surface area contributed by atoms with Crippen LogP contribution < -0.4 is 5.32 Å². The van der Waals surface area contributed by atoms with Crippen molar-refractivity contribution in [1.82, 2.24) is 5.32 Å². The van der Waals surface area contributed by atoms with E-state index in [0.29, 0.717) is 10.0 Å². The molecule has 1 atom stereocenters. The van der Waals surface area contributed by atoms with E-state index >= 15 is 0 Å². The Hall–Kier alpha value is -0.190. The van der Waals surface area contributed by atoms with Crippen molar-refractivity contribution in [2.75, 3.05) is 12.8 Å². The topological polar surface area (TPSA) is 12.0 Å². The van der Waals surface area contributed by atoms with Crippen LogP contribution in [0.3, 0.4) is 0 Å². The Morgan fingerprint density at radius 3 is 2.40 bits per heavy atom. The summed E-state index contributed by atoms with van der Waals surface area (Å²) in [5.41, 5.74) is 1.14. The molecule has 2 aromatic carbocycles. The second-order valence-electron chi connectivity index (χ2n) is 4.28. The zero-order chi connectivity index (χ0) is 14.5. The van der Waals surface area contributed by atoms with Crippen LogP contribution in [0.5, 0.6) is 0 Å². The van der Waals surface area contributed by atoms with Crippen molar-refractivity contribution in [3.8, 4) is 0 Å². The lowest BCUT2D eigenvalue weighted by molar-refractivity contribution is 0.662. The molecule has 1 unspecified atom stereocenters. The Morgan fingerprint density at radius 1 is 1.10 bits per heavy atom. The van der Waals surface area contributed by atoms with Crippen molar-refractivity contribution in [2.45, 2.75) is 10.9 Å². The molecule has 0 bridgehead atoms. The standard InChI is InChI=1S/C15H14BrCl2NS/c1-19-15(10-2-7-13(17)14(18)8-10)9-20-12-5-3-11(16)4-6-12/h2-8,15,19H,9H2,1H3. The van der Waals surface area contributed by atoms with E-state index in [1.807, 2.05) is 37.0 Å². The number of benzene rings is 2. The molecular formula is C15H14BrCl2NS. The van der Waals surface area contributed by atoms with E-state index in [9.17, 15) is 0 Å². The smallest absolute Gasteiger partial charge is 0.0595 e. The normalized spacial score (nSPS) is 12.4. The van der Waals surface area contributed by atoms with Gasteiger partial charge >= 0.3 is 0 Å². The van der Waals surface area contributed by atoms with Crippen LogP contribution >= 0.6 is 50.9 Å². The molecule has 0 aromatic heterocycles. The first-order valence-electron chi connectivity index (χ1n) is 6.10. The van der Waals surface area contributed by atoms with Crippen LogP contribution in [0.4, 0.5) is 0 Å². The average molecular weight is 391 g/mol. The van der Waals surface area contributed by atoms with Crippen LogP contribution in [0.15, 0.2) is 51.8 Å². The fraction of sp³-hybridized carbons (Fsp3) is 0.200. The van der Waals surface area contributed by atoms with Crippen molar-refractivity contribution in [2.24, 2.45) is 0 Å². The van der Waals surface area contributed by atoms with Crippen molar-refractivity contribution < 1.29 is 0 Å². The second kappa shape index (κ2) is 7.71. The van der Waals surface area contributed by atoms with Gasteiger partial charge in [-0.3, -0.25) is 0 Å². The lowest BCUT2D eigenvalue weighted by atomic mass is 10.1. The quantitative estimate of drug-likeness (QED) is 0.646. The van der Waals surface area contributed by atoms with Gasteiger partial charge in [-0.15, -0.1) is 11.8 Å². The third-order valence-corrected chi connectivity index (χ3v) is 5.30. The van der Waals surface area contributed by atoms with Gasteiger partial charge in [0.15, 0.2) is 0 Å². The second-order valence-corrected chi connectivity index (χ2v) is 7.10. The summed E-state index contributed by atoms with van der Waals surface area (Å²) in [7, 11) is 1.95. The maximum Gasteiger partial charge on any atom is 0.0595 e. The van der Waals surface area contributed by atoms with Gasteiger partial charge in [0.1, 0.15) is 0 Å². The lowest BCUT2D eigenvalue weighted by Crippen LogP contribution is -2.18. The van der Waals surface area contributed by atoms with Crippen LogP contribution in [0.2, 0.25) is 10.0 Å². The van der Waals surface area contributed by atoms with E-state index in [2.05, 4.69) is 45.5 Å². The molecule has 1 nitrogen and oxygen atoms in total. The van der Waals surface area contributed by atoms with Crippen LogP contribution in [-0.4, -0.2) is 12.8 Å². The average Bonchev–Trinajstić information content (AvgIpc) is 2.45. The van der Waals surface area contributed by atoms with E-state index in [1.165, 1.54) is 4.90 Å². The largest absolute Gasteiger partial charge is 0.312 e. The highest BCUT2D eigenvalue weighted by molar-refractivity contribution is 9.10. The number of hydrogen-bond acceptors (Lipinski definition) is 2. The van der Waals surface area contributed by atoms with Crippen LogP contribution in [-0.2, 0) is 0 Å². The summed E-state index contributed by atoms with van der Waals surface area (Å²) in [6.45, 7) is 0. The summed E-state index contributed by atoms with van der Waals surface area (Å²) >= 11 is 17.3. The fourth-order valence-electron chi connectivity index (χ4n) is 1.79. The first-order valence-corrected chi connectivity index (χ1v) is 8.64. The first kappa shape index (κ1) is 16.2. The van der Waals surface area contributed by atoms with Gasteiger partial charge in [0.05, 0.1) is 10.0 Å². The number of thioether (sulfide) groups is 1. The molecule has 0 saturated carbocycles. The highest BCUT2D eigenvalue weighted by Crippen LogP contribution is 2.29. The SMILES string of the molecule is CNC(CSc1ccc(Br)cc1)c1ccc(Cl)c(Cl)c1.